The molecular weight excluding hydrogens is 316 g/mol. The second-order valence-electron chi connectivity index (χ2n) is 4.42. The van der Waals surface area contributed by atoms with Crippen LogP contribution in [0.1, 0.15) is 11.8 Å². The number of carbonyl (C=O) groups is 1. The van der Waals surface area contributed by atoms with Crippen LogP contribution >= 0.6 is 22.7 Å². The fourth-order valence-electron chi connectivity index (χ4n) is 1.91. The number of hydrogen-bond donors (Lipinski definition) is 1. The number of nitrogens with zero attached hydrogens (tertiary/aromatic N) is 1. The molecule has 1 aromatic carbocycles. The molecule has 0 aliphatic rings. The van der Waals surface area contributed by atoms with E-state index in [0.717, 1.165) is 20.8 Å². The van der Waals surface area contributed by atoms with Crippen LogP contribution in [0.4, 0.5) is 5.13 Å². The highest BCUT2D eigenvalue weighted by molar-refractivity contribution is 7.22. The van der Waals surface area contributed by atoms with E-state index in [-0.39, 0.29) is 5.91 Å². The molecule has 0 aliphatic carbocycles. The monoisotopic (exact) mass is 330 g/mol. The Morgan fingerprint density at radius 2 is 2.32 bits per heavy atom. The van der Waals surface area contributed by atoms with Gasteiger partial charge in [0.1, 0.15) is 5.75 Å². The minimum Gasteiger partial charge on any atom is -0.494 e. The maximum atomic E-state index is 11.9. The zero-order chi connectivity index (χ0) is 15.4. The van der Waals surface area contributed by atoms with Crippen LogP contribution in [0.15, 0.2) is 41.8 Å². The second kappa shape index (κ2) is 6.72. The van der Waals surface area contributed by atoms with Gasteiger partial charge in [0.05, 0.1) is 16.8 Å². The summed E-state index contributed by atoms with van der Waals surface area (Å²) >= 11 is 3.02. The van der Waals surface area contributed by atoms with Crippen LogP contribution < -0.4 is 10.1 Å². The molecule has 0 unspecified atom stereocenters. The normalized spacial score (nSPS) is 11.1. The fourth-order valence-corrected chi connectivity index (χ4v) is 3.42. The maximum absolute atomic E-state index is 11.9. The molecule has 1 amide bonds. The molecule has 4 nitrogen and oxygen atoms in total. The van der Waals surface area contributed by atoms with Gasteiger partial charge in [0, 0.05) is 11.0 Å². The number of hydrogen-bond acceptors (Lipinski definition) is 5. The molecule has 0 radical (unpaired) electrons. The van der Waals surface area contributed by atoms with Gasteiger partial charge in [0.15, 0.2) is 5.13 Å². The first-order valence-electron chi connectivity index (χ1n) is 6.80. The molecule has 0 fully saturated rings. The number of thiophene rings is 1. The molecule has 0 bridgehead atoms. The molecule has 2 aromatic heterocycles. The first-order valence-corrected chi connectivity index (χ1v) is 8.50. The third-order valence-electron chi connectivity index (χ3n) is 2.84. The quantitative estimate of drug-likeness (QED) is 0.705. The highest BCUT2D eigenvalue weighted by atomic mass is 32.1. The molecule has 0 aliphatic heterocycles. The molecule has 0 spiro atoms. The highest BCUT2D eigenvalue weighted by Crippen LogP contribution is 2.29. The lowest BCUT2D eigenvalue weighted by molar-refractivity contribution is -0.111. The van der Waals surface area contributed by atoms with E-state index < -0.39 is 0 Å². The van der Waals surface area contributed by atoms with E-state index >= 15 is 0 Å². The number of carbonyl (C=O) groups excluding carboxylic acids is 1. The largest absolute Gasteiger partial charge is 0.494 e. The van der Waals surface area contributed by atoms with E-state index in [0.29, 0.717) is 11.7 Å². The Bertz CT molecular complexity index is 807. The predicted molar refractivity (Wildman–Crippen MR) is 92.8 cm³/mol. The number of rotatable bonds is 5. The Balaban J connectivity index is 1.72. The van der Waals surface area contributed by atoms with Crippen molar-refractivity contribution in [1.29, 1.82) is 0 Å². The molecular formula is C16H14N2O2S2. The van der Waals surface area contributed by atoms with Crippen LogP contribution in [0, 0.1) is 0 Å². The van der Waals surface area contributed by atoms with Crippen molar-refractivity contribution in [2.24, 2.45) is 0 Å². The molecule has 0 saturated carbocycles. The number of thiazole rings is 1. The Kier molecular flexibility index (Phi) is 4.50. The van der Waals surface area contributed by atoms with Gasteiger partial charge in [-0.25, -0.2) is 4.98 Å². The average Bonchev–Trinajstić information content (AvgIpc) is 3.13. The van der Waals surface area contributed by atoms with E-state index in [1.807, 2.05) is 42.6 Å². The molecule has 0 saturated heterocycles. The van der Waals surface area contributed by atoms with Gasteiger partial charge in [0.2, 0.25) is 5.91 Å². The SMILES string of the molecule is CCOc1ccc2nc(NC(=O)C=Cc3cccs3)sc2c1. The minimum atomic E-state index is -0.183. The minimum absolute atomic E-state index is 0.183. The van der Waals surface area contributed by atoms with Gasteiger partial charge in [0.25, 0.3) is 0 Å². The van der Waals surface area contributed by atoms with Crippen LogP contribution in [-0.4, -0.2) is 17.5 Å². The summed E-state index contributed by atoms with van der Waals surface area (Å²) in [6, 6.07) is 9.63. The molecule has 22 heavy (non-hydrogen) atoms. The number of benzene rings is 1. The topological polar surface area (TPSA) is 51.2 Å². The highest BCUT2D eigenvalue weighted by Gasteiger charge is 2.07. The summed E-state index contributed by atoms with van der Waals surface area (Å²) in [6.07, 6.45) is 3.31. The molecule has 3 rings (SSSR count). The van der Waals surface area contributed by atoms with Crippen LogP contribution in [-0.2, 0) is 4.79 Å². The molecule has 0 atom stereocenters. The lowest BCUT2D eigenvalue weighted by atomic mass is 10.3. The third-order valence-corrected chi connectivity index (χ3v) is 4.61. The zero-order valence-corrected chi connectivity index (χ0v) is 13.5. The van der Waals surface area contributed by atoms with E-state index in [1.165, 1.54) is 17.4 Å². The van der Waals surface area contributed by atoms with Gasteiger partial charge < -0.3 is 4.74 Å². The Morgan fingerprint density at radius 3 is 3.09 bits per heavy atom. The van der Waals surface area contributed by atoms with Crippen molar-refractivity contribution >= 4 is 50.0 Å². The molecule has 1 N–H and O–H groups in total. The van der Waals surface area contributed by atoms with Gasteiger partial charge in [-0.05, 0) is 42.6 Å². The van der Waals surface area contributed by atoms with Crippen LogP contribution in [0.3, 0.4) is 0 Å². The lowest BCUT2D eigenvalue weighted by Gasteiger charge is -2.00. The van der Waals surface area contributed by atoms with Crippen molar-refractivity contribution in [3.8, 4) is 5.75 Å². The van der Waals surface area contributed by atoms with E-state index in [2.05, 4.69) is 10.3 Å². The van der Waals surface area contributed by atoms with E-state index in [1.54, 1.807) is 17.4 Å². The van der Waals surface area contributed by atoms with Crippen molar-refractivity contribution in [2.45, 2.75) is 6.92 Å². The van der Waals surface area contributed by atoms with Gasteiger partial charge in [-0.2, -0.15) is 0 Å². The number of ether oxygens (including phenoxy) is 1. The van der Waals surface area contributed by atoms with E-state index in [4.69, 9.17) is 4.74 Å². The Morgan fingerprint density at radius 1 is 1.41 bits per heavy atom. The Labute approximate surface area is 136 Å². The van der Waals surface area contributed by atoms with Crippen LogP contribution in [0.2, 0.25) is 0 Å². The summed E-state index contributed by atoms with van der Waals surface area (Å²) < 4.78 is 6.46. The van der Waals surface area contributed by atoms with Crippen LogP contribution in [0.5, 0.6) is 5.75 Å². The summed E-state index contributed by atoms with van der Waals surface area (Å²) in [5.41, 5.74) is 0.853. The first-order chi connectivity index (χ1) is 10.7. The smallest absolute Gasteiger partial charge is 0.250 e. The first kappa shape index (κ1) is 14.7. The van der Waals surface area contributed by atoms with Gasteiger partial charge in [-0.3, -0.25) is 10.1 Å². The number of aromatic nitrogens is 1. The number of amides is 1. The molecule has 3 aromatic rings. The predicted octanol–water partition coefficient (Wildman–Crippen LogP) is 4.41. The molecule has 6 heteroatoms. The number of anilines is 1. The number of fused-ring (bicyclic) bond motifs is 1. The van der Waals surface area contributed by atoms with Crippen molar-refractivity contribution in [3.05, 3.63) is 46.7 Å². The van der Waals surface area contributed by atoms with Crippen molar-refractivity contribution in [2.75, 3.05) is 11.9 Å². The van der Waals surface area contributed by atoms with Crippen molar-refractivity contribution in [1.82, 2.24) is 4.98 Å². The average molecular weight is 330 g/mol. The third kappa shape index (κ3) is 3.52. The van der Waals surface area contributed by atoms with Crippen molar-refractivity contribution in [3.63, 3.8) is 0 Å². The van der Waals surface area contributed by atoms with Crippen molar-refractivity contribution < 1.29 is 9.53 Å². The summed E-state index contributed by atoms with van der Waals surface area (Å²) in [7, 11) is 0. The standard InChI is InChI=1S/C16H14N2O2S2/c1-2-20-11-5-7-13-14(10-11)22-16(17-13)18-15(19)8-6-12-4-3-9-21-12/h3-10H,2H2,1H3,(H,17,18,19). The summed E-state index contributed by atoms with van der Waals surface area (Å²) in [4.78, 5) is 17.3. The summed E-state index contributed by atoms with van der Waals surface area (Å²) in [5, 5.41) is 5.35. The van der Waals surface area contributed by atoms with Crippen LogP contribution in [0.25, 0.3) is 16.3 Å². The fraction of sp³-hybridized carbons (Fsp3) is 0.125. The maximum Gasteiger partial charge on any atom is 0.250 e. The lowest BCUT2D eigenvalue weighted by Crippen LogP contribution is -2.06. The van der Waals surface area contributed by atoms with Gasteiger partial charge in [-0.1, -0.05) is 17.4 Å². The van der Waals surface area contributed by atoms with Gasteiger partial charge in [-0.15, -0.1) is 11.3 Å². The molecule has 112 valence electrons. The summed E-state index contributed by atoms with van der Waals surface area (Å²) in [6.45, 7) is 2.57. The van der Waals surface area contributed by atoms with E-state index in [9.17, 15) is 4.79 Å². The molecule has 2 heterocycles. The zero-order valence-electron chi connectivity index (χ0n) is 11.9. The second-order valence-corrected chi connectivity index (χ2v) is 6.43. The van der Waals surface area contributed by atoms with Gasteiger partial charge >= 0.3 is 0 Å². The Hall–Kier alpha value is -2.18. The number of nitrogens with one attached hydrogen (secondary N) is 1. The summed E-state index contributed by atoms with van der Waals surface area (Å²) in [5.74, 6) is 0.631.